The van der Waals surface area contributed by atoms with Crippen LogP contribution in [0.1, 0.15) is 108 Å². The molecule has 1 aromatic carbocycles. The van der Waals surface area contributed by atoms with Crippen molar-refractivity contribution >= 4 is 35.5 Å². The molecule has 2 bridgehead atoms. The molecule has 4 N–H and O–H groups in total. The van der Waals surface area contributed by atoms with Gasteiger partial charge in [-0.2, -0.15) is 0 Å². The molecule has 1 aromatic rings. The topological polar surface area (TPSA) is 223 Å². The number of aliphatic carboxylic acids is 1. The Labute approximate surface area is 395 Å². The summed E-state index contributed by atoms with van der Waals surface area (Å²) in [6.45, 7) is 8.63. The van der Waals surface area contributed by atoms with Crippen LogP contribution in [0.2, 0.25) is 5.02 Å². The molecule has 17 heteroatoms. The predicted octanol–water partition coefficient (Wildman–Crippen LogP) is 6.96. The molecule has 1 saturated carbocycles. The van der Waals surface area contributed by atoms with Crippen LogP contribution in [0, 0.1) is 41.9 Å². The SMILES string of the molecule is COc1ccc(Cl)c(C)c1C(=O)O[C@@H]1C[C@H](O[C@H]2[C@H](O)C[C@H](O[C@H]3CCC[C@@H]4[C@@H]3C=C[C@H]3CCCC/C=C\[C@@H]5C=C(C(=O)O)[C@H](C)C[C@]56OC(=O)C(=C6O)OC(=O)[C@@]43C)O[C@@H]2C)O[C@H](C)[C@H]1O. The summed E-state index contributed by atoms with van der Waals surface area (Å²) in [5, 5.41) is 44.6. The first-order valence-electron chi connectivity index (χ1n) is 23.6. The van der Waals surface area contributed by atoms with Gasteiger partial charge in [-0.25, -0.2) is 14.4 Å². The minimum Gasteiger partial charge on any atom is -0.505 e. The standard InChI is InChI=1S/C50H63ClO16/c1-24-23-50-29(20-31(24)45(55)56)13-10-8-7-9-12-28-16-17-30-32(49(28,5)48(59)66-43(44(50)54)47(58)67-50)14-11-15-35(30)63-38-21-34(52)42(27(4)62-38)65-39-22-37(41(53)26(3)61-39)64-46(57)40-25(2)33(51)18-19-36(40)60-6/h10,13,16-20,24,26-30,32,34-35,37-39,41-42,52-54H,7-9,11-12,14-15,21-23H2,1-6H3,(H,55,56)/b13-10-/t24-,26-,27-,28-,29-,30+,32-,34-,35+,37-,38+,39+,41-,42-,49-,50+/m1/s1. The molecular weight excluding hydrogens is 892 g/mol. The Morgan fingerprint density at radius 3 is 2.39 bits per heavy atom. The highest BCUT2D eigenvalue weighted by Gasteiger charge is 2.60. The molecular formula is C50H63ClO16. The van der Waals surface area contributed by atoms with Crippen molar-refractivity contribution in [3.8, 4) is 5.75 Å². The summed E-state index contributed by atoms with van der Waals surface area (Å²) in [7, 11) is 1.43. The second-order valence-electron chi connectivity index (χ2n) is 19.5. The number of fused-ring (bicyclic) bond motifs is 3. The van der Waals surface area contributed by atoms with Gasteiger partial charge in [0.05, 0.1) is 36.9 Å². The molecule has 0 unspecified atom stereocenters. The maximum atomic E-state index is 14.8. The van der Waals surface area contributed by atoms with Crippen molar-refractivity contribution in [2.24, 2.45) is 35.0 Å². The fourth-order valence-electron chi connectivity index (χ4n) is 11.7. The number of ether oxygens (including phenoxy) is 8. The van der Waals surface area contributed by atoms with Crippen molar-refractivity contribution in [2.45, 2.75) is 160 Å². The Hall–Kier alpha value is -4.29. The quantitative estimate of drug-likeness (QED) is 0.117. The lowest BCUT2D eigenvalue weighted by Gasteiger charge is -2.51. The number of allylic oxidation sites excluding steroid dienone is 2. The molecule has 67 heavy (non-hydrogen) atoms. The number of halogens is 1. The molecule has 0 amide bonds. The van der Waals surface area contributed by atoms with E-state index in [2.05, 4.69) is 6.08 Å². The highest BCUT2D eigenvalue weighted by Crippen LogP contribution is 2.55. The summed E-state index contributed by atoms with van der Waals surface area (Å²) in [4.78, 5) is 53.9. The van der Waals surface area contributed by atoms with Gasteiger partial charge in [0, 0.05) is 41.7 Å². The summed E-state index contributed by atoms with van der Waals surface area (Å²) in [5.41, 5.74) is -2.00. The first-order chi connectivity index (χ1) is 31.9. The predicted molar refractivity (Wildman–Crippen MR) is 238 cm³/mol. The third-order valence-electron chi connectivity index (χ3n) is 15.5. The largest absolute Gasteiger partial charge is 0.505 e. The molecule has 3 fully saturated rings. The maximum absolute atomic E-state index is 14.8. The lowest BCUT2D eigenvalue weighted by molar-refractivity contribution is -0.318. The van der Waals surface area contributed by atoms with E-state index in [4.69, 9.17) is 49.5 Å². The van der Waals surface area contributed by atoms with Gasteiger partial charge < -0.3 is 58.3 Å². The molecule has 366 valence electrons. The van der Waals surface area contributed by atoms with Gasteiger partial charge in [0.2, 0.25) is 0 Å². The lowest BCUT2D eigenvalue weighted by Crippen LogP contribution is -2.56. The second-order valence-corrected chi connectivity index (χ2v) is 20.0. The number of hydrogen-bond donors (Lipinski definition) is 4. The summed E-state index contributed by atoms with van der Waals surface area (Å²) >= 11 is 6.30. The fraction of sp³-hybridized carbons (Fsp3) is 0.640. The molecule has 4 aliphatic heterocycles. The van der Waals surface area contributed by atoms with E-state index in [0.717, 1.165) is 12.8 Å². The zero-order chi connectivity index (χ0) is 48.1. The summed E-state index contributed by atoms with van der Waals surface area (Å²) in [6.07, 6.45) is 6.54. The number of benzene rings is 1. The first-order valence-corrected chi connectivity index (χ1v) is 24.0. The minimum absolute atomic E-state index is 0.00846. The van der Waals surface area contributed by atoms with Crippen LogP contribution in [0.4, 0.5) is 0 Å². The average molecular weight is 955 g/mol. The van der Waals surface area contributed by atoms with Crippen LogP contribution in [-0.2, 0) is 47.5 Å². The molecule has 1 spiro atoms. The Kier molecular flexibility index (Phi) is 14.4. The van der Waals surface area contributed by atoms with E-state index in [1.807, 2.05) is 19.1 Å². The first kappa shape index (κ1) is 49.1. The van der Waals surface area contributed by atoms with Gasteiger partial charge in [0.15, 0.2) is 23.9 Å². The maximum Gasteiger partial charge on any atom is 0.379 e. The van der Waals surface area contributed by atoms with Crippen molar-refractivity contribution in [1.29, 1.82) is 0 Å². The Morgan fingerprint density at radius 2 is 1.66 bits per heavy atom. The van der Waals surface area contributed by atoms with Gasteiger partial charge in [-0.1, -0.05) is 61.7 Å². The third kappa shape index (κ3) is 9.19. The Balaban J connectivity index is 0.952. The molecule has 3 aliphatic carbocycles. The molecule has 4 heterocycles. The van der Waals surface area contributed by atoms with E-state index >= 15 is 0 Å². The van der Waals surface area contributed by atoms with Crippen LogP contribution in [0.25, 0.3) is 0 Å². The minimum atomic E-state index is -1.62. The Morgan fingerprint density at radius 1 is 0.910 bits per heavy atom. The van der Waals surface area contributed by atoms with Gasteiger partial charge in [-0.05, 0) is 95.2 Å². The van der Waals surface area contributed by atoms with Gasteiger partial charge in [0.1, 0.15) is 29.6 Å². The van der Waals surface area contributed by atoms with E-state index < -0.39 is 114 Å². The summed E-state index contributed by atoms with van der Waals surface area (Å²) < 4.78 is 48.4. The van der Waals surface area contributed by atoms with Crippen molar-refractivity contribution in [3.63, 3.8) is 0 Å². The number of carbonyl (C=O) groups excluding carboxylic acids is 3. The summed E-state index contributed by atoms with van der Waals surface area (Å²) in [5.74, 6) is -6.44. The molecule has 8 rings (SSSR count). The van der Waals surface area contributed by atoms with Crippen molar-refractivity contribution in [3.05, 3.63) is 75.8 Å². The smallest absolute Gasteiger partial charge is 0.379 e. The number of aliphatic hydroxyl groups is 3. The number of rotatable bonds is 8. The van der Waals surface area contributed by atoms with E-state index in [9.17, 15) is 39.6 Å². The van der Waals surface area contributed by atoms with E-state index in [-0.39, 0.29) is 53.9 Å². The molecule has 16 atom stereocenters. The van der Waals surface area contributed by atoms with E-state index in [1.165, 1.54) is 13.2 Å². The van der Waals surface area contributed by atoms with Crippen molar-refractivity contribution < 1.29 is 77.5 Å². The third-order valence-corrected chi connectivity index (χ3v) is 15.9. The van der Waals surface area contributed by atoms with Crippen LogP contribution in [-0.4, -0.2) is 112 Å². The van der Waals surface area contributed by atoms with Crippen LogP contribution >= 0.6 is 11.6 Å². The van der Waals surface area contributed by atoms with Crippen LogP contribution in [0.5, 0.6) is 5.75 Å². The monoisotopic (exact) mass is 954 g/mol. The van der Waals surface area contributed by atoms with Crippen molar-refractivity contribution in [1.82, 2.24) is 0 Å². The highest BCUT2D eigenvalue weighted by molar-refractivity contribution is 6.32. The van der Waals surface area contributed by atoms with Crippen molar-refractivity contribution in [2.75, 3.05) is 7.11 Å². The van der Waals surface area contributed by atoms with Gasteiger partial charge in [-0.15, -0.1) is 0 Å². The highest BCUT2D eigenvalue weighted by atomic mass is 35.5. The van der Waals surface area contributed by atoms with E-state index in [0.29, 0.717) is 42.7 Å². The van der Waals surface area contributed by atoms with Gasteiger partial charge in [0.25, 0.3) is 5.76 Å². The summed E-state index contributed by atoms with van der Waals surface area (Å²) in [6, 6.07) is 3.18. The fourth-order valence-corrected chi connectivity index (χ4v) is 11.8. The second kappa shape index (κ2) is 19.6. The van der Waals surface area contributed by atoms with Crippen LogP contribution in [0.15, 0.2) is 59.6 Å². The van der Waals surface area contributed by atoms with E-state index in [1.54, 1.807) is 45.9 Å². The molecule has 16 nitrogen and oxygen atoms in total. The normalized spacial score (nSPS) is 40.5. The zero-order valence-corrected chi connectivity index (χ0v) is 39.5. The number of carboxylic acid groups (broad SMARTS) is 1. The molecule has 7 aliphatic rings. The molecule has 2 saturated heterocycles. The molecule has 0 aromatic heterocycles. The number of aliphatic hydroxyl groups excluding tert-OH is 3. The number of esters is 3. The molecule has 0 radical (unpaired) electrons. The van der Waals surface area contributed by atoms with Crippen LogP contribution in [0.3, 0.4) is 0 Å². The number of methoxy groups -OCH3 is 1. The zero-order valence-electron chi connectivity index (χ0n) is 38.8. The van der Waals surface area contributed by atoms with Crippen LogP contribution < -0.4 is 4.74 Å². The lowest BCUT2D eigenvalue weighted by atomic mass is 9.55. The Bertz CT molecular complexity index is 2210. The number of hydrogen-bond acceptors (Lipinski definition) is 15. The van der Waals surface area contributed by atoms with Gasteiger partial charge in [-0.3, -0.25) is 4.79 Å². The number of carboxylic acids is 1. The average Bonchev–Trinajstić information content (AvgIpc) is 3.50. The number of carbonyl (C=O) groups is 4. The van der Waals surface area contributed by atoms with Gasteiger partial charge >= 0.3 is 23.9 Å².